The molecule has 0 aromatic heterocycles. The largest absolute Gasteiger partial charge is 0.489 e. The molecule has 1 amide bonds. The summed E-state index contributed by atoms with van der Waals surface area (Å²) < 4.78 is 6.06. The Bertz CT molecular complexity index is 870. The van der Waals surface area contributed by atoms with Crippen molar-refractivity contribution in [1.82, 2.24) is 5.32 Å². The number of para-hydroxylation sites is 1. The van der Waals surface area contributed by atoms with E-state index in [2.05, 4.69) is 5.32 Å². The van der Waals surface area contributed by atoms with Gasteiger partial charge in [0.25, 0.3) is 0 Å². The Morgan fingerprint density at radius 3 is 2.58 bits per heavy atom. The van der Waals surface area contributed by atoms with Crippen molar-refractivity contribution in [2.24, 2.45) is 0 Å². The van der Waals surface area contributed by atoms with Crippen LogP contribution in [0.15, 0.2) is 65.9 Å². The van der Waals surface area contributed by atoms with Crippen LogP contribution in [0.5, 0.6) is 5.75 Å². The highest BCUT2D eigenvalue weighted by molar-refractivity contribution is 6.01. The lowest BCUT2D eigenvalue weighted by atomic mass is 9.78. The molecule has 0 radical (unpaired) electrons. The second-order valence-corrected chi connectivity index (χ2v) is 6.79. The van der Waals surface area contributed by atoms with Gasteiger partial charge < -0.3 is 10.1 Å². The number of Topliss-reactive ketones (excluding diaryl/α,β-unsaturated/α-hetero) is 1. The van der Waals surface area contributed by atoms with E-state index < -0.39 is 0 Å². The van der Waals surface area contributed by atoms with Crippen LogP contribution < -0.4 is 10.1 Å². The molecule has 1 unspecified atom stereocenters. The molecule has 1 aliphatic carbocycles. The van der Waals surface area contributed by atoms with Crippen LogP contribution in [-0.4, -0.2) is 11.7 Å². The quantitative estimate of drug-likeness (QED) is 0.913. The first-order valence-corrected chi connectivity index (χ1v) is 9.04. The molecule has 4 rings (SSSR count). The van der Waals surface area contributed by atoms with Gasteiger partial charge >= 0.3 is 0 Å². The molecule has 2 aromatic carbocycles. The Morgan fingerprint density at radius 1 is 0.962 bits per heavy atom. The van der Waals surface area contributed by atoms with Gasteiger partial charge in [0.1, 0.15) is 12.4 Å². The van der Waals surface area contributed by atoms with E-state index in [1.54, 1.807) is 0 Å². The second-order valence-electron chi connectivity index (χ2n) is 6.79. The molecule has 0 saturated carbocycles. The zero-order valence-corrected chi connectivity index (χ0v) is 14.5. The zero-order chi connectivity index (χ0) is 17.9. The van der Waals surface area contributed by atoms with Gasteiger partial charge in [-0.05, 0) is 24.5 Å². The topological polar surface area (TPSA) is 55.4 Å². The molecule has 26 heavy (non-hydrogen) atoms. The number of ether oxygens (including phenoxy) is 1. The highest BCUT2D eigenvalue weighted by Gasteiger charge is 2.35. The molecule has 132 valence electrons. The molecular weight excluding hydrogens is 326 g/mol. The number of rotatable bonds is 4. The van der Waals surface area contributed by atoms with Gasteiger partial charge in [-0.2, -0.15) is 0 Å². The lowest BCUT2D eigenvalue weighted by Gasteiger charge is -2.31. The fourth-order valence-corrected chi connectivity index (χ4v) is 3.81. The Labute approximate surface area is 152 Å². The van der Waals surface area contributed by atoms with Gasteiger partial charge in [0.05, 0.1) is 0 Å². The summed E-state index contributed by atoms with van der Waals surface area (Å²) in [6.07, 6.45) is 2.40. The summed E-state index contributed by atoms with van der Waals surface area (Å²) in [5.41, 5.74) is 3.57. The second kappa shape index (κ2) is 7.16. The van der Waals surface area contributed by atoms with Crippen LogP contribution in [0.4, 0.5) is 0 Å². The number of nitrogens with one attached hydrogen (secondary N) is 1. The highest BCUT2D eigenvalue weighted by Crippen LogP contribution is 2.41. The molecule has 0 bridgehead atoms. The average Bonchev–Trinajstić information content (AvgIpc) is 2.67. The maximum absolute atomic E-state index is 12.6. The lowest BCUT2D eigenvalue weighted by molar-refractivity contribution is -0.122. The van der Waals surface area contributed by atoms with E-state index in [9.17, 15) is 9.59 Å². The van der Waals surface area contributed by atoms with Gasteiger partial charge in [0, 0.05) is 35.6 Å². The first-order valence-electron chi connectivity index (χ1n) is 9.04. The SMILES string of the molecule is O=C1CC(c2ccccc2OCc2ccccc2)C2=C(CCCC2=O)N1. The lowest BCUT2D eigenvalue weighted by Crippen LogP contribution is -2.36. The smallest absolute Gasteiger partial charge is 0.225 e. The van der Waals surface area contributed by atoms with Crippen molar-refractivity contribution in [1.29, 1.82) is 0 Å². The van der Waals surface area contributed by atoms with E-state index in [4.69, 9.17) is 4.74 Å². The summed E-state index contributed by atoms with van der Waals surface area (Å²) in [7, 11) is 0. The third-order valence-electron chi connectivity index (χ3n) is 5.02. The average molecular weight is 347 g/mol. The fraction of sp³-hybridized carbons (Fsp3) is 0.273. The molecule has 1 heterocycles. The molecule has 0 saturated heterocycles. The summed E-state index contributed by atoms with van der Waals surface area (Å²) >= 11 is 0. The predicted molar refractivity (Wildman–Crippen MR) is 98.6 cm³/mol. The van der Waals surface area contributed by atoms with Crippen molar-refractivity contribution in [2.45, 2.75) is 38.2 Å². The number of carbonyl (C=O) groups is 2. The Morgan fingerprint density at radius 2 is 1.73 bits per heavy atom. The molecule has 1 atom stereocenters. The van der Waals surface area contributed by atoms with Gasteiger partial charge in [0.15, 0.2) is 5.78 Å². The number of amides is 1. The number of hydrogen-bond donors (Lipinski definition) is 1. The van der Waals surface area contributed by atoms with Gasteiger partial charge in [0.2, 0.25) is 5.91 Å². The molecule has 1 N–H and O–H groups in total. The van der Waals surface area contributed by atoms with Crippen LogP contribution in [0.25, 0.3) is 0 Å². The molecular formula is C22H21NO3. The van der Waals surface area contributed by atoms with E-state index in [0.717, 1.165) is 41.0 Å². The normalized spacial score (nSPS) is 19.8. The molecule has 0 spiro atoms. The third kappa shape index (κ3) is 3.27. The summed E-state index contributed by atoms with van der Waals surface area (Å²) in [6.45, 7) is 0.455. The van der Waals surface area contributed by atoms with E-state index >= 15 is 0 Å². The molecule has 0 fully saturated rings. The molecule has 4 nitrogen and oxygen atoms in total. The number of hydrogen-bond acceptors (Lipinski definition) is 3. The summed E-state index contributed by atoms with van der Waals surface area (Å²) in [5, 5.41) is 2.90. The minimum atomic E-state index is -0.224. The number of benzene rings is 2. The number of allylic oxidation sites excluding steroid dienone is 2. The van der Waals surface area contributed by atoms with Crippen molar-refractivity contribution >= 4 is 11.7 Å². The van der Waals surface area contributed by atoms with E-state index in [1.807, 2.05) is 54.6 Å². The number of ketones is 1. The van der Waals surface area contributed by atoms with Crippen LogP contribution in [0.3, 0.4) is 0 Å². The Balaban J connectivity index is 1.66. The minimum absolute atomic E-state index is 0.0266. The standard InChI is InChI=1S/C22H21NO3/c24-19-11-6-10-18-22(19)17(13-21(25)23-18)16-9-4-5-12-20(16)26-14-15-7-2-1-3-8-15/h1-5,7-9,12,17H,6,10-11,13-14H2,(H,23,25). The third-order valence-corrected chi connectivity index (χ3v) is 5.02. The van der Waals surface area contributed by atoms with Gasteiger partial charge in [-0.25, -0.2) is 0 Å². The van der Waals surface area contributed by atoms with Crippen molar-refractivity contribution in [3.05, 3.63) is 77.0 Å². The molecule has 2 aliphatic rings. The van der Waals surface area contributed by atoms with Gasteiger partial charge in [-0.1, -0.05) is 48.5 Å². The Kier molecular flexibility index (Phi) is 4.57. The maximum atomic E-state index is 12.6. The van der Waals surface area contributed by atoms with Gasteiger partial charge in [-0.15, -0.1) is 0 Å². The Hall–Kier alpha value is -2.88. The minimum Gasteiger partial charge on any atom is -0.489 e. The summed E-state index contributed by atoms with van der Waals surface area (Å²) in [6, 6.07) is 17.7. The van der Waals surface area contributed by atoms with Crippen molar-refractivity contribution < 1.29 is 14.3 Å². The predicted octanol–water partition coefficient (Wildman–Crippen LogP) is 3.88. The first kappa shape index (κ1) is 16.6. The van der Waals surface area contributed by atoms with Crippen molar-refractivity contribution in [3.63, 3.8) is 0 Å². The first-order chi connectivity index (χ1) is 12.7. The van der Waals surface area contributed by atoms with Crippen molar-refractivity contribution in [2.75, 3.05) is 0 Å². The van der Waals surface area contributed by atoms with Crippen molar-refractivity contribution in [3.8, 4) is 5.75 Å². The van der Waals surface area contributed by atoms with Crippen LogP contribution in [0.2, 0.25) is 0 Å². The van der Waals surface area contributed by atoms with E-state index in [0.29, 0.717) is 13.0 Å². The number of carbonyl (C=O) groups excluding carboxylic acids is 2. The zero-order valence-electron chi connectivity index (χ0n) is 14.5. The van der Waals surface area contributed by atoms with Crippen LogP contribution in [0.1, 0.15) is 42.7 Å². The highest BCUT2D eigenvalue weighted by atomic mass is 16.5. The summed E-state index contributed by atoms with van der Waals surface area (Å²) in [5.74, 6) is 0.634. The van der Waals surface area contributed by atoms with Crippen LogP contribution >= 0.6 is 0 Å². The van der Waals surface area contributed by atoms with E-state index in [1.165, 1.54) is 0 Å². The fourth-order valence-electron chi connectivity index (χ4n) is 3.81. The van der Waals surface area contributed by atoms with Gasteiger partial charge in [-0.3, -0.25) is 9.59 Å². The van der Waals surface area contributed by atoms with E-state index in [-0.39, 0.29) is 24.0 Å². The molecule has 2 aromatic rings. The van der Waals surface area contributed by atoms with Crippen LogP contribution in [-0.2, 0) is 16.2 Å². The van der Waals surface area contributed by atoms with Crippen LogP contribution in [0, 0.1) is 0 Å². The molecule has 4 heteroatoms. The molecule has 1 aliphatic heterocycles. The monoisotopic (exact) mass is 347 g/mol. The summed E-state index contributed by atoms with van der Waals surface area (Å²) in [4.78, 5) is 24.8. The maximum Gasteiger partial charge on any atom is 0.225 e.